The van der Waals surface area contributed by atoms with Crippen molar-refractivity contribution in [1.82, 2.24) is 19.7 Å². The Morgan fingerprint density at radius 3 is 2.80 bits per heavy atom. The molecular weight excluding hydrogens is 380 g/mol. The molecule has 1 N–H and O–H groups in total. The zero-order chi connectivity index (χ0) is 21.3. The highest BCUT2D eigenvalue weighted by Gasteiger charge is 2.15. The summed E-state index contributed by atoms with van der Waals surface area (Å²) >= 11 is 0. The van der Waals surface area contributed by atoms with Crippen molar-refractivity contribution in [3.63, 3.8) is 0 Å². The Labute approximate surface area is 173 Å². The Morgan fingerprint density at radius 1 is 1.20 bits per heavy atom. The number of benzene rings is 2. The molecule has 1 atom stereocenters. The topological polar surface area (TPSA) is 78.2 Å². The van der Waals surface area contributed by atoms with E-state index in [-0.39, 0.29) is 24.1 Å². The first kappa shape index (κ1) is 19.7. The molecule has 0 aliphatic carbocycles. The number of methoxy groups -OCH3 is 1. The van der Waals surface area contributed by atoms with Crippen LogP contribution in [0.3, 0.4) is 0 Å². The molecule has 2 heterocycles. The van der Waals surface area contributed by atoms with E-state index in [0.717, 1.165) is 27.6 Å². The highest BCUT2D eigenvalue weighted by molar-refractivity contribution is 5.85. The molecule has 30 heavy (non-hydrogen) atoms. The Balaban J connectivity index is 1.48. The van der Waals surface area contributed by atoms with Gasteiger partial charge in [0.05, 0.1) is 18.7 Å². The van der Waals surface area contributed by atoms with Crippen molar-refractivity contribution < 1.29 is 9.53 Å². The van der Waals surface area contributed by atoms with Gasteiger partial charge in [0.2, 0.25) is 5.91 Å². The molecule has 0 fully saturated rings. The number of fused-ring (bicyclic) bond motifs is 2. The third-order valence-electron chi connectivity index (χ3n) is 5.27. The van der Waals surface area contributed by atoms with E-state index < -0.39 is 0 Å². The molecule has 2 aromatic carbocycles. The van der Waals surface area contributed by atoms with E-state index in [1.54, 1.807) is 25.4 Å². The Morgan fingerprint density at radius 2 is 2.00 bits per heavy atom. The SMILES string of the molecule is COc1ccc2c(c1)c(C[C@H](C)NC(=O)Cn1ncc3ccccc3c1=O)cn2C. The van der Waals surface area contributed by atoms with Crippen LogP contribution in [0.25, 0.3) is 21.7 Å². The summed E-state index contributed by atoms with van der Waals surface area (Å²) in [4.78, 5) is 25.1. The molecule has 7 nitrogen and oxygen atoms in total. The number of rotatable bonds is 6. The fourth-order valence-electron chi connectivity index (χ4n) is 3.82. The fourth-order valence-corrected chi connectivity index (χ4v) is 3.82. The van der Waals surface area contributed by atoms with Gasteiger partial charge in [-0.1, -0.05) is 18.2 Å². The van der Waals surface area contributed by atoms with E-state index in [4.69, 9.17) is 4.74 Å². The van der Waals surface area contributed by atoms with Crippen LogP contribution >= 0.6 is 0 Å². The molecule has 0 saturated carbocycles. The molecule has 1 amide bonds. The van der Waals surface area contributed by atoms with Crippen LogP contribution in [0.4, 0.5) is 0 Å². The highest BCUT2D eigenvalue weighted by atomic mass is 16.5. The Bertz CT molecular complexity index is 1290. The summed E-state index contributed by atoms with van der Waals surface area (Å²) in [5.74, 6) is 0.554. The molecule has 4 aromatic rings. The van der Waals surface area contributed by atoms with Crippen LogP contribution in [0.15, 0.2) is 59.7 Å². The molecular formula is C23H24N4O3. The van der Waals surface area contributed by atoms with E-state index in [1.807, 2.05) is 44.3 Å². The van der Waals surface area contributed by atoms with E-state index in [0.29, 0.717) is 11.8 Å². The maximum Gasteiger partial charge on any atom is 0.275 e. The average Bonchev–Trinajstić information content (AvgIpc) is 3.04. The predicted molar refractivity (Wildman–Crippen MR) is 117 cm³/mol. The van der Waals surface area contributed by atoms with Crippen molar-refractivity contribution in [1.29, 1.82) is 0 Å². The number of nitrogens with one attached hydrogen (secondary N) is 1. The zero-order valence-electron chi connectivity index (χ0n) is 17.3. The number of aromatic nitrogens is 3. The van der Waals surface area contributed by atoms with Gasteiger partial charge in [0.1, 0.15) is 12.3 Å². The third kappa shape index (κ3) is 3.78. The summed E-state index contributed by atoms with van der Waals surface area (Å²) in [6.45, 7) is 1.84. The van der Waals surface area contributed by atoms with Gasteiger partial charge in [-0.2, -0.15) is 5.10 Å². The number of amides is 1. The standard InChI is InChI=1S/C23H24N4O3/c1-15(10-17-13-26(2)21-9-8-18(30-3)11-20(17)21)25-22(28)14-27-23(29)19-7-5-4-6-16(19)12-24-27/h4-9,11-13,15H,10,14H2,1-3H3,(H,25,28)/t15-/m0/s1. The number of carbonyl (C=O) groups is 1. The summed E-state index contributed by atoms with van der Waals surface area (Å²) in [6.07, 6.45) is 4.34. The fraction of sp³-hybridized carbons (Fsp3) is 0.261. The molecule has 154 valence electrons. The average molecular weight is 404 g/mol. The molecule has 2 aromatic heterocycles. The van der Waals surface area contributed by atoms with Gasteiger partial charge in [0.25, 0.3) is 5.56 Å². The minimum Gasteiger partial charge on any atom is -0.497 e. The van der Waals surface area contributed by atoms with Gasteiger partial charge in [-0.15, -0.1) is 0 Å². The van der Waals surface area contributed by atoms with Gasteiger partial charge in [0, 0.05) is 35.6 Å². The first-order chi connectivity index (χ1) is 14.5. The van der Waals surface area contributed by atoms with Crippen LogP contribution in [-0.4, -0.2) is 33.4 Å². The lowest BCUT2D eigenvalue weighted by Gasteiger charge is -2.14. The minimum absolute atomic E-state index is 0.106. The van der Waals surface area contributed by atoms with E-state index in [2.05, 4.69) is 21.2 Å². The van der Waals surface area contributed by atoms with Gasteiger partial charge >= 0.3 is 0 Å². The maximum absolute atomic E-state index is 12.6. The van der Waals surface area contributed by atoms with Crippen molar-refractivity contribution >= 4 is 27.6 Å². The Hall–Kier alpha value is -3.61. The van der Waals surface area contributed by atoms with Gasteiger partial charge < -0.3 is 14.6 Å². The van der Waals surface area contributed by atoms with Crippen molar-refractivity contribution in [2.45, 2.75) is 25.9 Å². The second-order valence-corrected chi connectivity index (χ2v) is 7.52. The van der Waals surface area contributed by atoms with Crippen molar-refractivity contribution in [2.24, 2.45) is 7.05 Å². The number of carbonyl (C=O) groups excluding carboxylic acids is 1. The summed E-state index contributed by atoms with van der Waals surface area (Å²) in [5, 5.41) is 9.52. The molecule has 0 unspecified atom stereocenters. The lowest BCUT2D eigenvalue weighted by molar-refractivity contribution is -0.122. The summed E-state index contributed by atoms with van der Waals surface area (Å²) < 4.78 is 8.61. The van der Waals surface area contributed by atoms with E-state index in [9.17, 15) is 9.59 Å². The highest BCUT2D eigenvalue weighted by Crippen LogP contribution is 2.26. The molecule has 0 saturated heterocycles. The second-order valence-electron chi connectivity index (χ2n) is 7.52. The summed E-state index contributed by atoms with van der Waals surface area (Å²) in [6, 6.07) is 13.1. The Kier molecular flexibility index (Phi) is 5.27. The first-order valence-corrected chi connectivity index (χ1v) is 9.82. The van der Waals surface area contributed by atoms with Gasteiger partial charge in [0.15, 0.2) is 0 Å². The molecule has 0 aliphatic rings. The van der Waals surface area contributed by atoms with Crippen LogP contribution < -0.4 is 15.6 Å². The summed E-state index contributed by atoms with van der Waals surface area (Å²) in [5.41, 5.74) is 1.97. The molecule has 0 spiro atoms. The van der Waals surface area contributed by atoms with Crippen LogP contribution in [0, 0.1) is 0 Å². The van der Waals surface area contributed by atoms with Crippen molar-refractivity contribution in [2.75, 3.05) is 7.11 Å². The largest absolute Gasteiger partial charge is 0.497 e. The summed E-state index contributed by atoms with van der Waals surface area (Å²) in [7, 11) is 3.65. The van der Waals surface area contributed by atoms with Crippen LogP contribution in [0.5, 0.6) is 5.75 Å². The van der Waals surface area contributed by atoms with Gasteiger partial charge in [-0.05, 0) is 43.2 Å². The predicted octanol–water partition coefficient (Wildman–Crippen LogP) is 2.64. The normalized spacial score (nSPS) is 12.2. The van der Waals surface area contributed by atoms with Crippen molar-refractivity contribution in [3.8, 4) is 5.75 Å². The zero-order valence-corrected chi connectivity index (χ0v) is 17.3. The van der Waals surface area contributed by atoms with Crippen LogP contribution in [0.1, 0.15) is 12.5 Å². The second kappa shape index (κ2) is 8.02. The number of hydrogen-bond donors (Lipinski definition) is 1. The van der Waals surface area contributed by atoms with Crippen molar-refractivity contribution in [3.05, 3.63) is 70.8 Å². The lowest BCUT2D eigenvalue weighted by Crippen LogP contribution is -2.39. The van der Waals surface area contributed by atoms with E-state index >= 15 is 0 Å². The minimum atomic E-state index is -0.267. The maximum atomic E-state index is 12.6. The molecule has 0 radical (unpaired) electrons. The monoisotopic (exact) mass is 404 g/mol. The van der Waals surface area contributed by atoms with Gasteiger partial charge in [-0.25, -0.2) is 4.68 Å². The van der Waals surface area contributed by atoms with Crippen LogP contribution in [0.2, 0.25) is 0 Å². The first-order valence-electron chi connectivity index (χ1n) is 9.82. The molecule has 0 bridgehead atoms. The van der Waals surface area contributed by atoms with Crippen LogP contribution in [-0.2, 0) is 24.8 Å². The van der Waals surface area contributed by atoms with Gasteiger partial charge in [-0.3, -0.25) is 9.59 Å². The quantitative estimate of drug-likeness (QED) is 0.536. The number of hydrogen-bond acceptors (Lipinski definition) is 4. The molecule has 0 aliphatic heterocycles. The number of nitrogens with zero attached hydrogens (tertiary/aromatic N) is 3. The third-order valence-corrected chi connectivity index (χ3v) is 5.27. The number of ether oxygens (including phenoxy) is 1. The molecule has 7 heteroatoms. The lowest BCUT2D eigenvalue weighted by atomic mass is 10.1. The molecule has 4 rings (SSSR count). The smallest absolute Gasteiger partial charge is 0.275 e. The van der Waals surface area contributed by atoms with E-state index in [1.165, 1.54) is 4.68 Å². The number of aryl methyl sites for hydroxylation is 1.